The average molecular weight is 821 g/mol. The summed E-state index contributed by atoms with van der Waals surface area (Å²) < 4.78 is 38.6. The van der Waals surface area contributed by atoms with Crippen LogP contribution in [-0.4, -0.2) is 71.3 Å². The maximum atomic E-state index is 13.8. The first kappa shape index (κ1) is 37.7. The van der Waals surface area contributed by atoms with Crippen LogP contribution in [-0.2, 0) is 25.7 Å². The minimum atomic E-state index is -0.240. The van der Waals surface area contributed by atoms with Crippen molar-refractivity contribution in [2.45, 2.75) is 37.8 Å². The molecule has 2 atom stereocenters. The van der Waals surface area contributed by atoms with Crippen LogP contribution in [0.3, 0.4) is 0 Å². The molecule has 4 aliphatic rings. The monoisotopic (exact) mass is 819 g/mol. The number of methoxy groups -OCH3 is 4. The molecule has 0 fully saturated rings. The van der Waals surface area contributed by atoms with Gasteiger partial charge >= 0.3 is 0 Å². The molecule has 6 bridgehead atoms. The second-order valence-electron chi connectivity index (χ2n) is 14.6. The third kappa shape index (κ3) is 7.15. The Labute approximate surface area is 336 Å². The van der Waals surface area contributed by atoms with Crippen LogP contribution in [0.25, 0.3) is 0 Å². The molecule has 0 unspecified atom stereocenters. The van der Waals surface area contributed by atoms with Gasteiger partial charge in [0, 0.05) is 52.5 Å². The normalized spacial score (nSPS) is 17.7. The number of fused-ring (bicyclic) bond motifs is 2. The predicted octanol–water partition coefficient (Wildman–Crippen LogP) is 9.18. The minimum Gasteiger partial charge on any atom is -0.493 e. The quantitative estimate of drug-likeness (QED) is 0.180. The second kappa shape index (κ2) is 15.7. The van der Waals surface area contributed by atoms with E-state index in [1.54, 1.807) is 40.6 Å². The first-order valence-corrected chi connectivity index (χ1v) is 19.6. The maximum absolute atomic E-state index is 13.8. The molecule has 0 saturated heterocycles. The van der Waals surface area contributed by atoms with Gasteiger partial charge in [0.05, 0.1) is 28.4 Å². The summed E-state index contributed by atoms with van der Waals surface area (Å²) in [5.41, 5.74) is 7.68. The average Bonchev–Trinajstić information content (AvgIpc) is 3.20. The molecule has 1 N–H and O–H groups in total. The molecule has 4 heterocycles. The first-order chi connectivity index (χ1) is 27.2. The number of anilines is 1. The molecule has 5 aromatic carbocycles. The van der Waals surface area contributed by atoms with E-state index in [9.17, 15) is 4.79 Å². The van der Waals surface area contributed by atoms with E-state index in [-0.39, 0.29) is 18.0 Å². The van der Waals surface area contributed by atoms with Gasteiger partial charge < -0.3 is 33.7 Å². The number of halogens is 1. The minimum absolute atomic E-state index is 0.112. The standard InChI is InChI=1S/C45H46BrN3O7/c1-48-17-15-28-21-37(51-3)40-24-33(28)35(48)19-26-7-13-32(14-8-26)55-39-23-30(34(25-38(39)52-4)47-45(50)27-9-11-31(46)12-10-27)20-36-42-29(16-18-49(36)2)22-41(53-5)43(54-6)44(42)56-40/h7-14,21-25,35-36H,15-20H2,1-6H3,(H,47,50)/t35-,36-/m0/s1. The Bertz CT molecular complexity index is 2280. The summed E-state index contributed by atoms with van der Waals surface area (Å²) in [6.45, 7) is 1.71. The van der Waals surface area contributed by atoms with E-state index in [2.05, 4.69) is 75.5 Å². The van der Waals surface area contributed by atoms with Gasteiger partial charge in [-0.2, -0.15) is 0 Å². The summed E-state index contributed by atoms with van der Waals surface area (Å²) in [4.78, 5) is 18.5. The Balaban J connectivity index is 1.35. The summed E-state index contributed by atoms with van der Waals surface area (Å²) in [7, 11) is 10.9. The van der Waals surface area contributed by atoms with Crippen molar-refractivity contribution in [3.8, 4) is 46.0 Å². The van der Waals surface area contributed by atoms with Gasteiger partial charge in [0.15, 0.2) is 34.5 Å². The number of hydrogen-bond donors (Lipinski definition) is 1. The van der Waals surface area contributed by atoms with Crippen LogP contribution in [0.1, 0.15) is 55.8 Å². The molecule has 10 nitrogen and oxygen atoms in total. The number of amides is 1. The van der Waals surface area contributed by atoms with Crippen molar-refractivity contribution in [1.82, 2.24) is 9.80 Å². The Morgan fingerprint density at radius 2 is 1.34 bits per heavy atom. The zero-order valence-electron chi connectivity index (χ0n) is 32.5. The maximum Gasteiger partial charge on any atom is 0.255 e. The smallest absolute Gasteiger partial charge is 0.255 e. The van der Waals surface area contributed by atoms with Crippen LogP contribution in [0.4, 0.5) is 5.69 Å². The highest BCUT2D eigenvalue weighted by Gasteiger charge is 2.35. The molecule has 0 radical (unpaired) electrons. The molecular weight excluding hydrogens is 774 g/mol. The van der Waals surface area contributed by atoms with Crippen molar-refractivity contribution in [1.29, 1.82) is 0 Å². The lowest BCUT2D eigenvalue weighted by Crippen LogP contribution is -2.34. The van der Waals surface area contributed by atoms with Crippen molar-refractivity contribution < 1.29 is 33.2 Å². The van der Waals surface area contributed by atoms with E-state index in [0.717, 1.165) is 53.5 Å². The molecule has 4 aliphatic heterocycles. The van der Waals surface area contributed by atoms with E-state index in [0.29, 0.717) is 63.7 Å². The number of hydrogen-bond acceptors (Lipinski definition) is 9. The summed E-state index contributed by atoms with van der Waals surface area (Å²) in [6, 6.07) is 25.6. The summed E-state index contributed by atoms with van der Waals surface area (Å²) in [6.07, 6.45) is 2.95. The number of nitrogens with zero attached hydrogens (tertiary/aromatic N) is 2. The number of benzene rings is 5. The van der Waals surface area contributed by atoms with Gasteiger partial charge in [-0.15, -0.1) is 0 Å². The number of ether oxygens (including phenoxy) is 6. The number of carbonyl (C=O) groups excluding carboxylic acids is 1. The van der Waals surface area contributed by atoms with E-state index in [4.69, 9.17) is 28.4 Å². The zero-order valence-corrected chi connectivity index (χ0v) is 34.1. The second-order valence-corrected chi connectivity index (χ2v) is 15.5. The van der Waals surface area contributed by atoms with Crippen molar-refractivity contribution in [2.75, 3.05) is 60.9 Å². The lowest BCUT2D eigenvalue weighted by atomic mass is 9.86. The molecule has 1 amide bonds. The highest BCUT2D eigenvalue weighted by atomic mass is 79.9. The molecule has 0 saturated carbocycles. The van der Waals surface area contributed by atoms with Gasteiger partial charge in [-0.3, -0.25) is 14.6 Å². The van der Waals surface area contributed by atoms with E-state index in [1.807, 2.05) is 36.4 Å². The highest BCUT2D eigenvalue weighted by molar-refractivity contribution is 9.10. The van der Waals surface area contributed by atoms with Crippen LogP contribution in [0.2, 0.25) is 0 Å². The Morgan fingerprint density at radius 1 is 0.696 bits per heavy atom. The van der Waals surface area contributed by atoms with Gasteiger partial charge in [-0.05, 0) is 128 Å². The van der Waals surface area contributed by atoms with Crippen molar-refractivity contribution >= 4 is 27.5 Å². The first-order valence-electron chi connectivity index (χ1n) is 18.8. The van der Waals surface area contributed by atoms with Crippen molar-refractivity contribution in [2.24, 2.45) is 0 Å². The number of likely N-dealkylation sites (N-methyl/N-ethyl adjacent to an activating group) is 2. The molecule has 0 aromatic heterocycles. The summed E-state index contributed by atoms with van der Waals surface area (Å²) in [5, 5.41) is 3.19. The number of carbonyl (C=O) groups is 1. The molecule has 290 valence electrons. The third-order valence-corrected chi connectivity index (χ3v) is 11.9. The fourth-order valence-corrected chi connectivity index (χ4v) is 8.52. The highest BCUT2D eigenvalue weighted by Crippen LogP contribution is 2.52. The van der Waals surface area contributed by atoms with Gasteiger partial charge in [0.2, 0.25) is 5.75 Å². The molecule has 9 rings (SSSR count). The number of rotatable bonds is 6. The summed E-state index contributed by atoms with van der Waals surface area (Å²) >= 11 is 3.48. The predicted molar refractivity (Wildman–Crippen MR) is 220 cm³/mol. The van der Waals surface area contributed by atoms with Crippen LogP contribution in [0.5, 0.6) is 46.0 Å². The fourth-order valence-electron chi connectivity index (χ4n) is 8.25. The van der Waals surface area contributed by atoms with Crippen molar-refractivity contribution in [3.05, 3.63) is 122 Å². The zero-order chi connectivity index (χ0) is 39.1. The molecule has 0 spiro atoms. The molecule has 56 heavy (non-hydrogen) atoms. The molecule has 5 aromatic rings. The topological polar surface area (TPSA) is 91.0 Å². The Morgan fingerprint density at radius 3 is 2.04 bits per heavy atom. The van der Waals surface area contributed by atoms with Gasteiger partial charge in [-0.1, -0.05) is 28.1 Å². The molecule has 11 heteroatoms. The third-order valence-electron chi connectivity index (χ3n) is 11.3. The lowest BCUT2D eigenvalue weighted by molar-refractivity contribution is 0.102. The van der Waals surface area contributed by atoms with Crippen LogP contribution in [0, 0.1) is 0 Å². The molecule has 0 aliphatic carbocycles. The fraction of sp³-hybridized carbons (Fsp3) is 0.311. The Kier molecular flexibility index (Phi) is 10.6. The van der Waals surface area contributed by atoms with Crippen molar-refractivity contribution in [3.63, 3.8) is 0 Å². The van der Waals surface area contributed by atoms with Gasteiger partial charge in [0.1, 0.15) is 5.75 Å². The molecular formula is C45H46BrN3O7. The van der Waals surface area contributed by atoms with Gasteiger partial charge in [0.25, 0.3) is 5.91 Å². The van der Waals surface area contributed by atoms with E-state index >= 15 is 0 Å². The van der Waals surface area contributed by atoms with Crippen LogP contribution >= 0.6 is 15.9 Å². The Hall–Kier alpha value is -5.23. The van der Waals surface area contributed by atoms with Crippen LogP contribution < -0.4 is 33.7 Å². The van der Waals surface area contributed by atoms with E-state index in [1.165, 1.54) is 16.7 Å². The largest absolute Gasteiger partial charge is 0.493 e. The van der Waals surface area contributed by atoms with E-state index < -0.39 is 0 Å². The van der Waals surface area contributed by atoms with Gasteiger partial charge in [-0.25, -0.2) is 0 Å². The number of nitrogens with one attached hydrogen (secondary N) is 1. The summed E-state index contributed by atoms with van der Waals surface area (Å²) in [5.74, 6) is 4.39. The lowest BCUT2D eigenvalue weighted by Gasteiger charge is -2.37. The van der Waals surface area contributed by atoms with Crippen LogP contribution in [0.15, 0.2) is 83.3 Å². The SMILES string of the molecule is COc1cc(NC(=O)c2ccc(Br)cc2)c2cc1Oc1ccc(cc1)C[C@H]1c3cc(c(OC)cc3CCN1C)Oc1c(OC)c(OC)cc3c1[C@H](C2)N(C)CC3.